The molecule has 0 spiro atoms. The summed E-state index contributed by atoms with van der Waals surface area (Å²) in [7, 11) is 1.62. The Morgan fingerprint density at radius 1 is 1.35 bits per heavy atom. The molecule has 17 heavy (non-hydrogen) atoms. The third-order valence-corrected chi connectivity index (χ3v) is 3.43. The minimum Gasteiger partial charge on any atom is -0.497 e. The second kappa shape index (κ2) is 6.35. The molecule has 1 aromatic rings. The number of hydrogen-bond donors (Lipinski definition) is 3. The summed E-state index contributed by atoms with van der Waals surface area (Å²) in [6, 6.07) is 5.68. The van der Waals surface area contributed by atoms with Crippen LogP contribution in [-0.2, 0) is 6.54 Å². The normalized spacial score (nSPS) is 11.6. The molecule has 5 heteroatoms. The van der Waals surface area contributed by atoms with E-state index >= 15 is 0 Å². The van der Waals surface area contributed by atoms with Gasteiger partial charge in [0.05, 0.1) is 25.9 Å². The van der Waals surface area contributed by atoms with E-state index in [1.165, 1.54) is 0 Å². The predicted octanol–water partition coefficient (Wildman–Crippen LogP) is 1.29. The first-order valence-corrected chi connectivity index (χ1v) is 6.13. The van der Waals surface area contributed by atoms with Gasteiger partial charge < -0.3 is 20.3 Å². The Hall–Kier alpha value is -0.620. The zero-order valence-corrected chi connectivity index (χ0v) is 11.6. The molecule has 0 atom stereocenters. The lowest BCUT2D eigenvalue weighted by molar-refractivity contribution is 0.103. The summed E-state index contributed by atoms with van der Waals surface area (Å²) in [6.45, 7) is 2.06. The molecule has 3 N–H and O–H groups in total. The quantitative estimate of drug-likeness (QED) is 0.741. The smallest absolute Gasteiger partial charge is 0.119 e. The van der Waals surface area contributed by atoms with Gasteiger partial charge >= 0.3 is 0 Å². The maximum atomic E-state index is 9.17. The summed E-state index contributed by atoms with van der Waals surface area (Å²) >= 11 is 3.45. The fraction of sp³-hybridized carbons (Fsp3) is 0.500. The van der Waals surface area contributed by atoms with Crippen molar-refractivity contribution in [1.82, 2.24) is 5.32 Å². The molecule has 0 heterocycles. The summed E-state index contributed by atoms with van der Waals surface area (Å²) in [6.07, 6.45) is 0. The predicted molar refractivity (Wildman–Crippen MR) is 70.1 cm³/mol. The lowest BCUT2D eigenvalue weighted by atomic mass is 10.0. The monoisotopic (exact) mass is 303 g/mol. The first-order valence-electron chi connectivity index (χ1n) is 5.34. The average molecular weight is 304 g/mol. The van der Waals surface area contributed by atoms with Crippen LogP contribution < -0.4 is 10.1 Å². The van der Waals surface area contributed by atoms with Crippen LogP contribution in [0.15, 0.2) is 22.7 Å². The fourth-order valence-corrected chi connectivity index (χ4v) is 1.67. The van der Waals surface area contributed by atoms with Crippen LogP contribution in [0, 0.1) is 0 Å². The van der Waals surface area contributed by atoms with Crippen molar-refractivity contribution in [1.29, 1.82) is 0 Å². The number of nitrogens with one attached hydrogen (secondary N) is 1. The number of hydrogen-bond acceptors (Lipinski definition) is 4. The molecule has 0 amide bonds. The molecule has 0 unspecified atom stereocenters. The molecule has 0 aliphatic heterocycles. The van der Waals surface area contributed by atoms with Crippen LogP contribution in [0.2, 0.25) is 0 Å². The average Bonchev–Trinajstić information content (AvgIpc) is 2.37. The highest BCUT2D eigenvalue weighted by molar-refractivity contribution is 9.10. The van der Waals surface area contributed by atoms with Crippen molar-refractivity contribution in [3.63, 3.8) is 0 Å². The zero-order chi connectivity index (χ0) is 12.9. The van der Waals surface area contributed by atoms with Gasteiger partial charge in [-0.2, -0.15) is 0 Å². The lowest BCUT2D eigenvalue weighted by Gasteiger charge is -2.26. The van der Waals surface area contributed by atoms with Crippen molar-refractivity contribution in [2.75, 3.05) is 20.3 Å². The van der Waals surface area contributed by atoms with Gasteiger partial charge in [-0.3, -0.25) is 0 Å². The van der Waals surface area contributed by atoms with E-state index in [1.54, 1.807) is 14.0 Å². The third-order valence-electron chi connectivity index (χ3n) is 2.66. The van der Waals surface area contributed by atoms with E-state index in [0.717, 1.165) is 15.8 Å². The molecule has 0 fully saturated rings. The molecular formula is C12H18BrNO3. The number of aliphatic hydroxyl groups excluding tert-OH is 2. The number of aliphatic hydroxyl groups is 2. The standard InChI is InChI=1S/C12H18BrNO3/c1-12(7-15,8-16)14-6-9-5-10(17-2)3-4-11(9)13/h3-5,14-16H,6-8H2,1-2H3. The van der Waals surface area contributed by atoms with Crippen molar-refractivity contribution in [2.45, 2.75) is 19.0 Å². The molecule has 4 nitrogen and oxygen atoms in total. The molecule has 96 valence electrons. The van der Waals surface area contributed by atoms with E-state index in [2.05, 4.69) is 21.2 Å². The Labute approximate surface area is 110 Å². The van der Waals surface area contributed by atoms with Gasteiger partial charge in [0.1, 0.15) is 5.75 Å². The molecule has 0 radical (unpaired) electrons. The van der Waals surface area contributed by atoms with Gasteiger partial charge in [0.15, 0.2) is 0 Å². The second-order valence-corrected chi connectivity index (χ2v) is 5.04. The second-order valence-electron chi connectivity index (χ2n) is 4.19. The third kappa shape index (κ3) is 3.96. The number of ether oxygens (including phenoxy) is 1. The fourth-order valence-electron chi connectivity index (χ4n) is 1.28. The molecule has 0 aliphatic rings. The minimum absolute atomic E-state index is 0.120. The summed E-state index contributed by atoms with van der Waals surface area (Å²) in [5.74, 6) is 0.778. The molecule has 1 aromatic carbocycles. The minimum atomic E-state index is -0.678. The van der Waals surface area contributed by atoms with Crippen molar-refractivity contribution in [3.05, 3.63) is 28.2 Å². The Balaban J connectivity index is 2.74. The van der Waals surface area contributed by atoms with Crippen LogP contribution in [0.5, 0.6) is 5.75 Å². The van der Waals surface area contributed by atoms with Crippen LogP contribution in [0.3, 0.4) is 0 Å². The van der Waals surface area contributed by atoms with Gasteiger partial charge in [-0.25, -0.2) is 0 Å². The van der Waals surface area contributed by atoms with Crippen LogP contribution in [-0.4, -0.2) is 36.1 Å². The highest BCUT2D eigenvalue weighted by atomic mass is 79.9. The Morgan fingerprint density at radius 2 is 2.00 bits per heavy atom. The highest BCUT2D eigenvalue weighted by Gasteiger charge is 2.21. The van der Waals surface area contributed by atoms with Gasteiger partial charge in [0.25, 0.3) is 0 Å². The molecule has 0 saturated heterocycles. The highest BCUT2D eigenvalue weighted by Crippen LogP contribution is 2.22. The Kier molecular flexibility index (Phi) is 5.39. The summed E-state index contributed by atoms with van der Waals surface area (Å²) in [4.78, 5) is 0. The van der Waals surface area contributed by atoms with Gasteiger partial charge in [0, 0.05) is 11.0 Å². The van der Waals surface area contributed by atoms with Gasteiger partial charge in [-0.15, -0.1) is 0 Å². The van der Waals surface area contributed by atoms with Crippen LogP contribution >= 0.6 is 15.9 Å². The van der Waals surface area contributed by atoms with Crippen molar-refractivity contribution < 1.29 is 14.9 Å². The molecule has 0 aromatic heterocycles. The van der Waals surface area contributed by atoms with E-state index in [-0.39, 0.29) is 13.2 Å². The van der Waals surface area contributed by atoms with Crippen LogP contribution in [0.1, 0.15) is 12.5 Å². The number of benzene rings is 1. The van der Waals surface area contributed by atoms with E-state index in [9.17, 15) is 10.2 Å². The van der Waals surface area contributed by atoms with Crippen molar-refractivity contribution >= 4 is 15.9 Å². The van der Waals surface area contributed by atoms with Gasteiger partial charge in [0.2, 0.25) is 0 Å². The summed E-state index contributed by atoms with van der Waals surface area (Å²) < 4.78 is 6.11. The van der Waals surface area contributed by atoms with Crippen LogP contribution in [0.4, 0.5) is 0 Å². The van der Waals surface area contributed by atoms with Gasteiger partial charge in [-0.1, -0.05) is 15.9 Å². The molecule has 0 bridgehead atoms. The maximum absolute atomic E-state index is 9.17. The number of methoxy groups -OCH3 is 1. The first kappa shape index (κ1) is 14.4. The lowest BCUT2D eigenvalue weighted by Crippen LogP contribution is -2.48. The van der Waals surface area contributed by atoms with Crippen molar-refractivity contribution in [2.24, 2.45) is 0 Å². The summed E-state index contributed by atoms with van der Waals surface area (Å²) in [5.41, 5.74) is 0.333. The molecule has 1 rings (SSSR count). The number of halogens is 1. The maximum Gasteiger partial charge on any atom is 0.119 e. The molecular weight excluding hydrogens is 286 g/mol. The van der Waals surface area contributed by atoms with E-state index in [1.807, 2.05) is 18.2 Å². The largest absolute Gasteiger partial charge is 0.497 e. The van der Waals surface area contributed by atoms with Gasteiger partial charge in [-0.05, 0) is 30.7 Å². The van der Waals surface area contributed by atoms with E-state index in [4.69, 9.17) is 4.74 Å². The first-order chi connectivity index (χ1) is 8.04. The van der Waals surface area contributed by atoms with E-state index < -0.39 is 5.54 Å². The molecule has 0 saturated carbocycles. The van der Waals surface area contributed by atoms with Crippen molar-refractivity contribution in [3.8, 4) is 5.75 Å². The summed E-state index contributed by atoms with van der Waals surface area (Å²) in [5, 5.41) is 21.5. The SMILES string of the molecule is COc1ccc(Br)c(CNC(C)(CO)CO)c1. The topological polar surface area (TPSA) is 61.7 Å². The van der Waals surface area contributed by atoms with Crippen LogP contribution in [0.25, 0.3) is 0 Å². The Morgan fingerprint density at radius 3 is 2.53 bits per heavy atom. The molecule has 0 aliphatic carbocycles. The van der Waals surface area contributed by atoms with E-state index in [0.29, 0.717) is 6.54 Å². The Bertz CT molecular complexity index is 367. The number of rotatable bonds is 6. The zero-order valence-electron chi connectivity index (χ0n) is 10.0.